The Morgan fingerprint density at radius 2 is 2.14 bits per heavy atom. The fraction of sp³-hybridized carbons (Fsp3) is 0.200. The van der Waals surface area contributed by atoms with E-state index >= 15 is 0 Å². The van der Waals surface area contributed by atoms with Gasteiger partial charge in [-0.05, 0) is 38.1 Å². The maximum atomic E-state index is 11.9. The molecule has 1 amide bonds. The van der Waals surface area contributed by atoms with E-state index in [2.05, 4.69) is 10.5 Å². The largest absolute Gasteiger partial charge is 0.459 e. The molecular weight excluding hydrogens is 324 g/mol. The van der Waals surface area contributed by atoms with Gasteiger partial charge in [-0.15, -0.1) is 11.3 Å². The van der Waals surface area contributed by atoms with Gasteiger partial charge in [0.1, 0.15) is 17.3 Å². The molecule has 0 aliphatic rings. The first-order valence-electron chi connectivity index (χ1n) is 6.60. The third-order valence-electron chi connectivity index (χ3n) is 3.16. The molecule has 0 aliphatic heterocycles. The molecule has 3 aromatic heterocycles. The van der Waals surface area contributed by atoms with Crippen LogP contribution in [0.25, 0.3) is 11.3 Å². The number of aromatic nitrogens is 1. The summed E-state index contributed by atoms with van der Waals surface area (Å²) in [6, 6.07) is 7.06. The fourth-order valence-electron chi connectivity index (χ4n) is 2.13. The lowest BCUT2D eigenvalue weighted by atomic mass is 10.1. The number of carbonyl (C=O) groups is 1. The minimum absolute atomic E-state index is 0.174. The average molecular weight is 337 g/mol. The number of hydrogen-bond acceptors (Lipinski definition) is 5. The van der Waals surface area contributed by atoms with Crippen LogP contribution in [0.3, 0.4) is 0 Å². The van der Waals surface area contributed by atoms with E-state index < -0.39 is 0 Å². The summed E-state index contributed by atoms with van der Waals surface area (Å²) in [5.41, 5.74) is 1.62. The molecule has 7 heteroatoms. The van der Waals surface area contributed by atoms with Crippen molar-refractivity contribution in [3.8, 4) is 11.3 Å². The number of thiophene rings is 1. The van der Waals surface area contributed by atoms with E-state index in [0.717, 1.165) is 11.3 Å². The molecule has 0 aromatic carbocycles. The Kier molecular flexibility index (Phi) is 4.04. The minimum atomic E-state index is -0.174. The summed E-state index contributed by atoms with van der Waals surface area (Å²) in [6.07, 6.45) is 0. The number of nitrogens with one attached hydrogen (secondary N) is 1. The van der Waals surface area contributed by atoms with Crippen molar-refractivity contribution in [1.29, 1.82) is 0 Å². The van der Waals surface area contributed by atoms with E-state index in [4.69, 9.17) is 20.5 Å². The van der Waals surface area contributed by atoms with E-state index in [0.29, 0.717) is 33.0 Å². The van der Waals surface area contributed by atoms with Gasteiger partial charge < -0.3 is 14.3 Å². The van der Waals surface area contributed by atoms with Crippen LogP contribution in [0.1, 0.15) is 26.9 Å². The van der Waals surface area contributed by atoms with Crippen molar-refractivity contribution < 1.29 is 13.7 Å². The van der Waals surface area contributed by atoms with Gasteiger partial charge in [0.15, 0.2) is 0 Å². The van der Waals surface area contributed by atoms with Gasteiger partial charge in [-0.2, -0.15) is 0 Å². The van der Waals surface area contributed by atoms with Crippen LogP contribution in [-0.4, -0.2) is 11.1 Å². The van der Waals surface area contributed by atoms with Crippen molar-refractivity contribution in [1.82, 2.24) is 10.5 Å². The molecule has 114 valence electrons. The molecule has 0 radical (unpaired) electrons. The summed E-state index contributed by atoms with van der Waals surface area (Å²) in [4.78, 5) is 12.5. The van der Waals surface area contributed by atoms with Crippen LogP contribution in [0.5, 0.6) is 0 Å². The summed E-state index contributed by atoms with van der Waals surface area (Å²) < 4.78 is 11.5. The zero-order valence-corrected chi connectivity index (χ0v) is 13.5. The Balaban J connectivity index is 1.69. The zero-order valence-electron chi connectivity index (χ0n) is 12.0. The van der Waals surface area contributed by atoms with Gasteiger partial charge in [-0.25, -0.2) is 0 Å². The Hall–Kier alpha value is -2.05. The number of carbonyl (C=O) groups excluding carboxylic acids is 1. The number of hydrogen-bond donors (Lipinski definition) is 1. The average Bonchev–Trinajstić information content (AvgIpc) is 3.18. The molecule has 0 bridgehead atoms. The molecule has 0 saturated heterocycles. The highest BCUT2D eigenvalue weighted by atomic mass is 35.5. The summed E-state index contributed by atoms with van der Waals surface area (Å²) >= 11 is 7.06. The molecule has 3 aromatic rings. The third-order valence-corrected chi connectivity index (χ3v) is 4.39. The maximum Gasteiger partial charge on any atom is 0.261 e. The van der Waals surface area contributed by atoms with Crippen molar-refractivity contribution in [3.05, 3.63) is 50.7 Å². The van der Waals surface area contributed by atoms with Crippen LogP contribution in [0.15, 0.2) is 33.2 Å². The Morgan fingerprint density at radius 3 is 2.77 bits per heavy atom. The zero-order chi connectivity index (χ0) is 15.7. The number of halogens is 1. The standard InChI is InChI=1S/C15H13ClN2O3S/c1-8-14(9(2)21-18-8)11-4-3-10(20-11)7-17-15(19)12-5-6-13(16)22-12/h3-6H,7H2,1-2H3,(H,17,19). The van der Waals surface area contributed by atoms with Gasteiger partial charge >= 0.3 is 0 Å². The second-order valence-electron chi connectivity index (χ2n) is 4.75. The van der Waals surface area contributed by atoms with Crippen molar-refractivity contribution in [2.24, 2.45) is 0 Å². The topological polar surface area (TPSA) is 68.3 Å². The van der Waals surface area contributed by atoms with Crippen LogP contribution in [0.2, 0.25) is 4.34 Å². The fourth-order valence-corrected chi connectivity index (χ4v) is 3.09. The molecular formula is C15H13ClN2O3S. The molecule has 0 unspecified atom stereocenters. The maximum absolute atomic E-state index is 11.9. The molecule has 0 saturated carbocycles. The number of nitrogens with zero attached hydrogens (tertiary/aromatic N) is 1. The van der Waals surface area contributed by atoms with Gasteiger partial charge in [0.2, 0.25) is 0 Å². The first-order chi connectivity index (χ1) is 10.5. The third kappa shape index (κ3) is 2.93. The van der Waals surface area contributed by atoms with E-state index in [-0.39, 0.29) is 5.91 Å². The molecule has 0 aliphatic carbocycles. The van der Waals surface area contributed by atoms with Crippen molar-refractivity contribution in [3.63, 3.8) is 0 Å². The lowest BCUT2D eigenvalue weighted by molar-refractivity contribution is 0.0952. The molecule has 0 atom stereocenters. The summed E-state index contributed by atoms with van der Waals surface area (Å²) in [7, 11) is 0. The quantitative estimate of drug-likeness (QED) is 0.775. The number of furan rings is 1. The van der Waals surface area contributed by atoms with Gasteiger partial charge in [0.25, 0.3) is 5.91 Å². The molecule has 1 N–H and O–H groups in total. The molecule has 0 fully saturated rings. The van der Waals surface area contributed by atoms with Crippen LogP contribution in [0.4, 0.5) is 0 Å². The van der Waals surface area contributed by atoms with Gasteiger partial charge in [-0.3, -0.25) is 4.79 Å². The summed E-state index contributed by atoms with van der Waals surface area (Å²) in [5, 5.41) is 6.70. The second-order valence-corrected chi connectivity index (χ2v) is 6.47. The van der Waals surface area contributed by atoms with Crippen molar-refractivity contribution in [2.45, 2.75) is 20.4 Å². The Labute approximate surface area is 135 Å². The smallest absolute Gasteiger partial charge is 0.261 e. The molecule has 3 heterocycles. The highest BCUT2D eigenvalue weighted by Gasteiger charge is 2.16. The van der Waals surface area contributed by atoms with Gasteiger partial charge in [-0.1, -0.05) is 16.8 Å². The van der Waals surface area contributed by atoms with Crippen LogP contribution >= 0.6 is 22.9 Å². The molecule has 5 nitrogen and oxygen atoms in total. The Morgan fingerprint density at radius 1 is 1.32 bits per heavy atom. The van der Waals surface area contributed by atoms with Gasteiger partial charge in [0, 0.05) is 0 Å². The SMILES string of the molecule is Cc1noc(C)c1-c1ccc(CNC(=O)c2ccc(Cl)s2)o1. The second kappa shape index (κ2) is 5.98. The predicted octanol–water partition coefficient (Wildman–Crippen LogP) is 4.20. The number of aryl methyl sites for hydroxylation is 2. The highest BCUT2D eigenvalue weighted by molar-refractivity contribution is 7.17. The van der Waals surface area contributed by atoms with E-state index in [1.165, 1.54) is 11.3 Å². The van der Waals surface area contributed by atoms with E-state index in [1.807, 2.05) is 26.0 Å². The molecule has 3 rings (SSSR count). The van der Waals surface area contributed by atoms with Crippen molar-refractivity contribution >= 4 is 28.8 Å². The number of rotatable bonds is 4. The summed E-state index contributed by atoms with van der Waals surface area (Å²) in [6.45, 7) is 3.99. The highest BCUT2D eigenvalue weighted by Crippen LogP contribution is 2.28. The van der Waals surface area contributed by atoms with Gasteiger partial charge in [0.05, 0.1) is 27.0 Å². The monoisotopic (exact) mass is 336 g/mol. The lowest BCUT2D eigenvalue weighted by Crippen LogP contribution is -2.21. The van der Waals surface area contributed by atoms with Crippen LogP contribution in [-0.2, 0) is 6.54 Å². The van der Waals surface area contributed by atoms with Crippen molar-refractivity contribution in [2.75, 3.05) is 0 Å². The first-order valence-corrected chi connectivity index (χ1v) is 7.79. The predicted molar refractivity (Wildman–Crippen MR) is 84.2 cm³/mol. The summed E-state index contributed by atoms with van der Waals surface area (Å²) in [5.74, 6) is 1.87. The first kappa shape index (κ1) is 14.9. The lowest BCUT2D eigenvalue weighted by Gasteiger charge is -2.01. The minimum Gasteiger partial charge on any atom is -0.459 e. The Bertz CT molecular complexity index is 799. The van der Waals surface area contributed by atoms with Crippen LogP contribution in [0, 0.1) is 13.8 Å². The normalized spacial score (nSPS) is 10.9. The van der Waals surface area contributed by atoms with E-state index in [1.54, 1.807) is 12.1 Å². The number of amides is 1. The van der Waals surface area contributed by atoms with Crippen LogP contribution < -0.4 is 5.32 Å². The van der Waals surface area contributed by atoms with E-state index in [9.17, 15) is 4.79 Å². The molecule has 0 spiro atoms. The molecule has 22 heavy (non-hydrogen) atoms.